The summed E-state index contributed by atoms with van der Waals surface area (Å²) in [5, 5.41) is 10.8. The van der Waals surface area contributed by atoms with Crippen LogP contribution in [0.25, 0.3) is 0 Å². The Morgan fingerprint density at radius 3 is 2.79 bits per heavy atom. The molecule has 2 aromatic heterocycles. The highest BCUT2D eigenvalue weighted by Gasteiger charge is 2.04. The average molecular weight is 342 g/mol. The van der Waals surface area contributed by atoms with Gasteiger partial charge in [0.1, 0.15) is 12.4 Å². The Hall–Kier alpha value is -2.18. The highest BCUT2D eigenvalue weighted by Crippen LogP contribution is 2.15. The molecule has 0 bridgehead atoms. The van der Waals surface area contributed by atoms with Crippen LogP contribution in [0.3, 0.4) is 0 Å². The number of ether oxygens (including phenoxy) is 1. The van der Waals surface area contributed by atoms with Gasteiger partial charge in [-0.15, -0.1) is 11.3 Å². The van der Waals surface area contributed by atoms with E-state index in [2.05, 4.69) is 34.5 Å². The number of benzene rings is 1. The lowest BCUT2D eigenvalue weighted by Gasteiger charge is -2.14. The van der Waals surface area contributed by atoms with Gasteiger partial charge in [0.05, 0.1) is 17.2 Å². The zero-order valence-corrected chi connectivity index (χ0v) is 14.8. The van der Waals surface area contributed by atoms with Crippen molar-refractivity contribution < 1.29 is 4.74 Å². The molecule has 3 rings (SSSR count). The maximum atomic E-state index is 5.77. The zero-order chi connectivity index (χ0) is 16.8. The quantitative estimate of drug-likeness (QED) is 0.682. The van der Waals surface area contributed by atoms with Crippen LogP contribution in [-0.2, 0) is 19.7 Å². The second-order valence-electron chi connectivity index (χ2n) is 5.80. The van der Waals surface area contributed by atoms with Crippen LogP contribution in [-0.4, -0.2) is 20.8 Å². The first-order chi connectivity index (χ1) is 11.7. The molecule has 0 aliphatic rings. The summed E-state index contributed by atoms with van der Waals surface area (Å²) < 4.78 is 7.71. The summed E-state index contributed by atoms with van der Waals surface area (Å²) in [6.07, 6.45) is 3.78. The van der Waals surface area contributed by atoms with Crippen molar-refractivity contribution in [2.75, 3.05) is 0 Å². The summed E-state index contributed by atoms with van der Waals surface area (Å²) in [6, 6.07) is 10.5. The molecular weight excluding hydrogens is 320 g/mol. The summed E-state index contributed by atoms with van der Waals surface area (Å²) in [5.74, 6) is 0.869. The van der Waals surface area contributed by atoms with Gasteiger partial charge in [-0.25, -0.2) is 4.98 Å². The van der Waals surface area contributed by atoms with Crippen molar-refractivity contribution in [2.24, 2.45) is 0 Å². The number of hydrogen-bond acceptors (Lipinski definition) is 5. The standard InChI is InChI=1S/C18H22N4OS/c1-14(11-22-9-3-8-20-22)19-10-16-4-6-18(7-5-16)23-12-17-13-24-15(2)21-17/h3-9,13-14,19H,10-12H2,1-2H3/t14-/m1/s1. The first kappa shape index (κ1) is 16.7. The molecule has 0 radical (unpaired) electrons. The van der Waals surface area contributed by atoms with Crippen LogP contribution in [0.1, 0.15) is 23.2 Å². The lowest BCUT2D eigenvalue weighted by molar-refractivity contribution is 0.302. The minimum absolute atomic E-state index is 0.355. The molecule has 0 aliphatic heterocycles. The number of thiazole rings is 1. The molecule has 0 spiro atoms. The van der Waals surface area contributed by atoms with Gasteiger partial charge in [-0.05, 0) is 37.6 Å². The fraction of sp³-hybridized carbons (Fsp3) is 0.333. The molecule has 126 valence electrons. The maximum absolute atomic E-state index is 5.77. The monoisotopic (exact) mass is 342 g/mol. The lowest BCUT2D eigenvalue weighted by Crippen LogP contribution is -2.30. The van der Waals surface area contributed by atoms with Crippen LogP contribution in [0.5, 0.6) is 5.75 Å². The van der Waals surface area contributed by atoms with E-state index in [9.17, 15) is 0 Å². The van der Waals surface area contributed by atoms with Crippen LogP contribution in [0, 0.1) is 6.92 Å². The van der Waals surface area contributed by atoms with Gasteiger partial charge in [0.15, 0.2) is 0 Å². The molecule has 0 amide bonds. The summed E-state index contributed by atoms with van der Waals surface area (Å²) in [7, 11) is 0. The third kappa shape index (κ3) is 4.91. The summed E-state index contributed by atoms with van der Waals surface area (Å²) in [6.45, 7) is 6.37. The molecule has 6 heteroatoms. The third-order valence-electron chi connectivity index (χ3n) is 3.65. The second kappa shape index (κ2) is 8.08. The van der Waals surface area contributed by atoms with Crippen LogP contribution in [0.15, 0.2) is 48.1 Å². The summed E-state index contributed by atoms with van der Waals surface area (Å²) in [4.78, 5) is 4.40. The number of hydrogen-bond donors (Lipinski definition) is 1. The highest BCUT2D eigenvalue weighted by atomic mass is 32.1. The SMILES string of the molecule is Cc1nc(COc2ccc(CN[C@H](C)Cn3cccn3)cc2)cs1. The molecule has 0 fully saturated rings. The Kier molecular flexibility index (Phi) is 5.61. The molecule has 2 heterocycles. The predicted octanol–water partition coefficient (Wildman–Crippen LogP) is 3.41. The normalized spacial score (nSPS) is 12.2. The molecule has 3 aromatic rings. The van der Waals surface area contributed by atoms with Gasteiger partial charge in [-0.3, -0.25) is 4.68 Å². The van der Waals surface area contributed by atoms with Crippen molar-refractivity contribution in [1.29, 1.82) is 0 Å². The molecule has 0 saturated heterocycles. The fourth-order valence-electron chi connectivity index (χ4n) is 2.38. The second-order valence-corrected chi connectivity index (χ2v) is 6.86. The Morgan fingerprint density at radius 1 is 1.29 bits per heavy atom. The first-order valence-corrected chi connectivity index (χ1v) is 8.90. The number of nitrogens with one attached hydrogen (secondary N) is 1. The van der Waals surface area contributed by atoms with E-state index in [1.807, 2.05) is 41.4 Å². The Bertz CT molecular complexity index is 737. The van der Waals surface area contributed by atoms with Gasteiger partial charge in [0, 0.05) is 30.4 Å². The molecule has 0 aliphatic carbocycles. The Morgan fingerprint density at radius 2 is 2.12 bits per heavy atom. The predicted molar refractivity (Wildman–Crippen MR) is 96.2 cm³/mol. The minimum atomic E-state index is 0.355. The third-order valence-corrected chi connectivity index (χ3v) is 4.47. The van der Waals surface area contributed by atoms with E-state index >= 15 is 0 Å². The van der Waals surface area contributed by atoms with Crippen molar-refractivity contribution in [2.45, 2.75) is 39.6 Å². The zero-order valence-electron chi connectivity index (χ0n) is 14.0. The van der Waals surface area contributed by atoms with E-state index in [1.165, 1.54) is 5.56 Å². The minimum Gasteiger partial charge on any atom is -0.487 e. The van der Waals surface area contributed by atoms with Gasteiger partial charge in [-0.1, -0.05) is 12.1 Å². The number of aromatic nitrogens is 3. The summed E-state index contributed by atoms with van der Waals surface area (Å²) in [5.41, 5.74) is 2.22. The average Bonchev–Trinajstić information content (AvgIpc) is 3.24. The number of nitrogens with zero attached hydrogens (tertiary/aromatic N) is 3. The van der Waals surface area contributed by atoms with Crippen molar-refractivity contribution in [3.8, 4) is 5.75 Å². The first-order valence-electron chi connectivity index (χ1n) is 8.02. The van der Waals surface area contributed by atoms with Crippen LogP contribution < -0.4 is 10.1 Å². The van der Waals surface area contributed by atoms with Gasteiger partial charge >= 0.3 is 0 Å². The molecule has 0 saturated carbocycles. The molecule has 1 aromatic carbocycles. The summed E-state index contributed by atoms with van der Waals surface area (Å²) >= 11 is 1.65. The van der Waals surface area contributed by atoms with Gasteiger partial charge in [0.25, 0.3) is 0 Å². The van der Waals surface area contributed by atoms with E-state index in [0.717, 1.165) is 29.5 Å². The largest absolute Gasteiger partial charge is 0.487 e. The smallest absolute Gasteiger partial charge is 0.131 e. The number of aryl methyl sites for hydroxylation is 1. The Balaban J connectivity index is 1.44. The van der Waals surface area contributed by atoms with Crippen LogP contribution in [0.4, 0.5) is 0 Å². The van der Waals surface area contributed by atoms with Crippen molar-refractivity contribution >= 4 is 11.3 Å². The van der Waals surface area contributed by atoms with E-state index in [0.29, 0.717) is 12.6 Å². The number of rotatable bonds is 8. The van der Waals surface area contributed by atoms with E-state index in [-0.39, 0.29) is 0 Å². The molecular formula is C18H22N4OS. The maximum Gasteiger partial charge on any atom is 0.131 e. The van der Waals surface area contributed by atoms with Gasteiger partial charge < -0.3 is 10.1 Å². The molecule has 1 N–H and O–H groups in total. The van der Waals surface area contributed by atoms with Gasteiger partial charge in [-0.2, -0.15) is 5.10 Å². The molecule has 0 unspecified atom stereocenters. The Labute approximate surface area is 146 Å². The van der Waals surface area contributed by atoms with Crippen molar-refractivity contribution in [3.05, 3.63) is 64.4 Å². The molecule has 1 atom stereocenters. The van der Waals surface area contributed by atoms with Crippen LogP contribution >= 0.6 is 11.3 Å². The fourth-order valence-corrected chi connectivity index (χ4v) is 2.98. The lowest BCUT2D eigenvalue weighted by atomic mass is 10.2. The van der Waals surface area contributed by atoms with Crippen LogP contribution in [0.2, 0.25) is 0 Å². The molecule has 5 nitrogen and oxygen atoms in total. The van der Waals surface area contributed by atoms with E-state index < -0.39 is 0 Å². The molecule has 24 heavy (non-hydrogen) atoms. The van der Waals surface area contributed by atoms with Crippen molar-refractivity contribution in [1.82, 2.24) is 20.1 Å². The highest BCUT2D eigenvalue weighted by molar-refractivity contribution is 7.09. The van der Waals surface area contributed by atoms with E-state index in [4.69, 9.17) is 4.74 Å². The topological polar surface area (TPSA) is 52.0 Å². The van der Waals surface area contributed by atoms with Crippen molar-refractivity contribution in [3.63, 3.8) is 0 Å². The van der Waals surface area contributed by atoms with Gasteiger partial charge in [0.2, 0.25) is 0 Å². The van der Waals surface area contributed by atoms with E-state index in [1.54, 1.807) is 17.5 Å².